The number of nitrogens with one attached hydrogen (secondary N) is 1. The highest BCUT2D eigenvalue weighted by Gasteiger charge is 2.24. The first-order valence-electron chi connectivity index (χ1n) is 6.53. The molecule has 0 heterocycles. The number of aliphatic hydroxyl groups excluding tert-OH is 1. The molecule has 0 spiro atoms. The van der Waals surface area contributed by atoms with Crippen LogP contribution in [0.3, 0.4) is 0 Å². The van der Waals surface area contributed by atoms with Gasteiger partial charge in [-0.05, 0) is 26.2 Å². The van der Waals surface area contributed by atoms with E-state index in [1.54, 1.807) is 0 Å². The second-order valence-corrected chi connectivity index (χ2v) is 4.46. The Bertz CT molecular complexity index is 234. The van der Waals surface area contributed by atoms with Crippen LogP contribution in [0.15, 0.2) is 4.99 Å². The Kier molecular flexibility index (Phi) is 6.96. The lowest BCUT2D eigenvalue weighted by Crippen LogP contribution is -2.33. The first kappa shape index (κ1) is 14.3. The minimum absolute atomic E-state index is 0.190. The number of nitrogens with zero attached hydrogens (tertiary/aromatic N) is 1. The highest BCUT2D eigenvalue weighted by atomic mass is 16.5. The monoisotopic (exact) mass is 243 g/mol. The third-order valence-corrected chi connectivity index (χ3v) is 3.09. The zero-order chi connectivity index (χ0) is 12.5. The molecule has 0 aromatic rings. The average Bonchev–Trinajstić information content (AvgIpc) is 2.72. The summed E-state index contributed by atoms with van der Waals surface area (Å²) in [6.45, 7) is 4.89. The average molecular weight is 243 g/mol. The highest BCUT2D eigenvalue weighted by molar-refractivity contribution is 5.77. The van der Waals surface area contributed by atoms with Crippen molar-refractivity contribution in [3.63, 3.8) is 0 Å². The fourth-order valence-electron chi connectivity index (χ4n) is 2.04. The van der Waals surface area contributed by atoms with Crippen LogP contribution in [-0.4, -0.2) is 43.5 Å². The summed E-state index contributed by atoms with van der Waals surface area (Å²) in [6.07, 6.45) is 3.80. The van der Waals surface area contributed by atoms with E-state index in [1.807, 2.05) is 6.92 Å². The zero-order valence-corrected chi connectivity index (χ0v) is 10.7. The number of hydrogen-bond donors (Lipinski definition) is 3. The Morgan fingerprint density at radius 3 is 3.00 bits per heavy atom. The minimum Gasteiger partial charge on any atom is -0.393 e. The Morgan fingerprint density at radius 1 is 1.53 bits per heavy atom. The summed E-state index contributed by atoms with van der Waals surface area (Å²) in [6, 6.07) is 0. The summed E-state index contributed by atoms with van der Waals surface area (Å²) in [5, 5.41) is 12.7. The van der Waals surface area contributed by atoms with Gasteiger partial charge in [0.1, 0.15) is 0 Å². The molecule has 1 aliphatic carbocycles. The molecule has 0 saturated heterocycles. The number of aliphatic imine (C=N–C) groups is 1. The van der Waals surface area contributed by atoms with Crippen molar-refractivity contribution >= 4 is 5.96 Å². The second-order valence-electron chi connectivity index (χ2n) is 4.46. The normalized spacial score (nSPS) is 25.2. The van der Waals surface area contributed by atoms with Gasteiger partial charge in [0, 0.05) is 32.2 Å². The molecular formula is C12H25N3O2. The standard InChI is InChI=1S/C12H25N3O2/c1-2-17-8-4-7-14-12(13)15-9-10-5-3-6-11(10)16/h10-11,16H,2-9H2,1H3,(H3,13,14,15). The van der Waals surface area contributed by atoms with Crippen LogP contribution in [-0.2, 0) is 4.74 Å². The SMILES string of the molecule is CCOCCCNC(N)=NCC1CCCC1O. The van der Waals surface area contributed by atoms with Gasteiger partial charge in [0.25, 0.3) is 0 Å². The Morgan fingerprint density at radius 2 is 2.35 bits per heavy atom. The molecule has 17 heavy (non-hydrogen) atoms. The topological polar surface area (TPSA) is 79.9 Å². The van der Waals surface area contributed by atoms with E-state index >= 15 is 0 Å². The lowest BCUT2D eigenvalue weighted by Gasteiger charge is -2.12. The van der Waals surface area contributed by atoms with E-state index in [0.29, 0.717) is 18.4 Å². The summed E-state index contributed by atoms with van der Waals surface area (Å²) < 4.78 is 5.22. The summed E-state index contributed by atoms with van der Waals surface area (Å²) >= 11 is 0. The molecule has 2 atom stereocenters. The van der Waals surface area contributed by atoms with Gasteiger partial charge in [0.15, 0.2) is 5.96 Å². The predicted octanol–water partition coefficient (Wildman–Crippen LogP) is 0.478. The fraction of sp³-hybridized carbons (Fsp3) is 0.917. The molecule has 0 amide bonds. The number of hydrogen-bond acceptors (Lipinski definition) is 3. The first-order chi connectivity index (χ1) is 8.24. The molecule has 0 aromatic carbocycles. The molecule has 100 valence electrons. The smallest absolute Gasteiger partial charge is 0.188 e. The molecule has 1 aliphatic rings. The lowest BCUT2D eigenvalue weighted by atomic mass is 10.1. The van der Waals surface area contributed by atoms with Crippen LogP contribution in [0.1, 0.15) is 32.6 Å². The predicted molar refractivity (Wildman–Crippen MR) is 68.9 cm³/mol. The van der Waals surface area contributed by atoms with Crippen LogP contribution < -0.4 is 11.1 Å². The van der Waals surface area contributed by atoms with E-state index in [2.05, 4.69) is 10.3 Å². The van der Waals surface area contributed by atoms with E-state index in [0.717, 1.165) is 45.4 Å². The van der Waals surface area contributed by atoms with Crippen molar-refractivity contribution in [2.24, 2.45) is 16.6 Å². The van der Waals surface area contributed by atoms with E-state index in [-0.39, 0.29) is 6.10 Å². The molecule has 1 saturated carbocycles. The number of guanidine groups is 1. The molecule has 0 aliphatic heterocycles. The molecule has 0 aromatic heterocycles. The number of aliphatic hydroxyl groups is 1. The Labute approximate surface area is 103 Å². The summed E-state index contributed by atoms with van der Waals surface area (Å²) in [5.74, 6) is 0.763. The van der Waals surface area contributed by atoms with Crippen LogP contribution >= 0.6 is 0 Å². The Hall–Kier alpha value is -0.810. The molecule has 2 unspecified atom stereocenters. The van der Waals surface area contributed by atoms with Gasteiger partial charge in [0.2, 0.25) is 0 Å². The summed E-state index contributed by atoms with van der Waals surface area (Å²) in [7, 11) is 0. The van der Waals surface area contributed by atoms with Crippen molar-refractivity contribution in [1.82, 2.24) is 5.32 Å². The van der Waals surface area contributed by atoms with Gasteiger partial charge in [-0.2, -0.15) is 0 Å². The van der Waals surface area contributed by atoms with E-state index in [1.165, 1.54) is 0 Å². The van der Waals surface area contributed by atoms with Gasteiger partial charge in [-0.1, -0.05) is 6.42 Å². The van der Waals surface area contributed by atoms with Gasteiger partial charge >= 0.3 is 0 Å². The van der Waals surface area contributed by atoms with Gasteiger partial charge in [0.05, 0.1) is 6.10 Å². The van der Waals surface area contributed by atoms with Crippen LogP contribution in [0.25, 0.3) is 0 Å². The second kappa shape index (κ2) is 8.31. The molecule has 0 radical (unpaired) electrons. The van der Waals surface area contributed by atoms with Gasteiger partial charge in [-0.25, -0.2) is 0 Å². The number of rotatable bonds is 7. The first-order valence-corrected chi connectivity index (χ1v) is 6.53. The van der Waals surface area contributed by atoms with Crippen LogP contribution in [0.4, 0.5) is 0 Å². The van der Waals surface area contributed by atoms with Crippen molar-refractivity contribution in [2.75, 3.05) is 26.3 Å². The van der Waals surface area contributed by atoms with Gasteiger partial charge in [-0.3, -0.25) is 4.99 Å². The van der Waals surface area contributed by atoms with Crippen molar-refractivity contribution < 1.29 is 9.84 Å². The van der Waals surface area contributed by atoms with Crippen LogP contribution in [0.5, 0.6) is 0 Å². The van der Waals surface area contributed by atoms with E-state index in [4.69, 9.17) is 10.5 Å². The maximum atomic E-state index is 9.63. The van der Waals surface area contributed by atoms with E-state index < -0.39 is 0 Å². The fourth-order valence-corrected chi connectivity index (χ4v) is 2.04. The molecular weight excluding hydrogens is 218 g/mol. The lowest BCUT2D eigenvalue weighted by molar-refractivity contribution is 0.136. The molecule has 5 nitrogen and oxygen atoms in total. The van der Waals surface area contributed by atoms with Crippen molar-refractivity contribution in [3.05, 3.63) is 0 Å². The van der Waals surface area contributed by atoms with Crippen LogP contribution in [0.2, 0.25) is 0 Å². The maximum Gasteiger partial charge on any atom is 0.188 e. The summed E-state index contributed by atoms with van der Waals surface area (Å²) in [5.41, 5.74) is 5.73. The molecule has 0 bridgehead atoms. The van der Waals surface area contributed by atoms with Crippen molar-refractivity contribution in [2.45, 2.75) is 38.7 Å². The number of ether oxygens (including phenoxy) is 1. The van der Waals surface area contributed by atoms with Gasteiger partial charge in [-0.15, -0.1) is 0 Å². The minimum atomic E-state index is -0.190. The van der Waals surface area contributed by atoms with Crippen molar-refractivity contribution in [1.29, 1.82) is 0 Å². The van der Waals surface area contributed by atoms with E-state index in [9.17, 15) is 5.11 Å². The third kappa shape index (κ3) is 5.89. The zero-order valence-electron chi connectivity index (χ0n) is 10.7. The van der Waals surface area contributed by atoms with Gasteiger partial charge < -0.3 is 20.9 Å². The summed E-state index contributed by atoms with van der Waals surface area (Å²) in [4.78, 5) is 4.26. The number of nitrogens with two attached hydrogens (primary N) is 1. The molecule has 1 fully saturated rings. The molecule has 1 rings (SSSR count). The third-order valence-electron chi connectivity index (χ3n) is 3.09. The highest BCUT2D eigenvalue weighted by Crippen LogP contribution is 2.25. The molecule has 5 heteroatoms. The van der Waals surface area contributed by atoms with Crippen LogP contribution in [0, 0.1) is 5.92 Å². The maximum absolute atomic E-state index is 9.63. The quantitative estimate of drug-likeness (QED) is 0.345. The Balaban J connectivity index is 2.07. The largest absolute Gasteiger partial charge is 0.393 e. The molecule has 4 N–H and O–H groups in total. The van der Waals surface area contributed by atoms with Crippen molar-refractivity contribution in [3.8, 4) is 0 Å².